The predicted molar refractivity (Wildman–Crippen MR) is 67.5 cm³/mol. The minimum Gasteiger partial charge on any atom is -0.331 e. The Morgan fingerprint density at radius 3 is 3.00 bits per heavy atom. The summed E-state index contributed by atoms with van der Waals surface area (Å²) in [6.07, 6.45) is 4.29. The van der Waals surface area contributed by atoms with Crippen LogP contribution in [0.4, 0.5) is 0 Å². The molecule has 0 saturated heterocycles. The van der Waals surface area contributed by atoms with Gasteiger partial charge in [0.1, 0.15) is 0 Å². The quantitative estimate of drug-likeness (QED) is 0.753. The first-order valence-corrected chi connectivity index (χ1v) is 6.02. The molecule has 0 aliphatic rings. The molecule has 0 amide bonds. The Bertz CT molecular complexity index is 433. The highest BCUT2D eigenvalue weighted by Gasteiger charge is 1.99. The van der Waals surface area contributed by atoms with E-state index < -0.39 is 0 Å². The van der Waals surface area contributed by atoms with Crippen molar-refractivity contribution >= 4 is 11.0 Å². The fourth-order valence-electron chi connectivity index (χ4n) is 1.86. The van der Waals surface area contributed by atoms with E-state index in [2.05, 4.69) is 40.0 Å². The van der Waals surface area contributed by atoms with Crippen LogP contribution in [0.15, 0.2) is 30.6 Å². The number of fused-ring (bicyclic) bond motifs is 1. The van der Waals surface area contributed by atoms with Gasteiger partial charge in [-0.25, -0.2) is 4.98 Å². The van der Waals surface area contributed by atoms with Crippen LogP contribution < -0.4 is 5.32 Å². The van der Waals surface area contributed by atoms with Crippen molar-refractivity contribution in [3.63, 3.8) is 0 Å². The molecule has 0 aliphatic carbocycles. The van der Waals surface area contributed by atoms with Gasteiger partial charge >= 0.3 is 0 Å². The minimum atomic E-state index is 1.04. The Kier molecular flexibility index (Phi) is 3.94. The summed E-state index contributed by atoms with van der Waals surface area (Å²) in [7, 11) is 0. The van der Waals surface area contributed by atoms with Crippen LogP contribution in [0.25, 0.3) is 11.0 Å². The summed E-state index contributed by atoms with van der Waals surface area (Å²) in [6.45, 7) is 5.43. The normalized spacial score (nSPS) is 11.1. The summed E-state index contributed by atoms with van der Waals surface area (Å²) in [5.74, 6) is 0. The Hall–Kier alpha value is -1.35. The molecular weight excluding hydrogens is 198 g/mol. The number of aryl methyl sites for hydroxylation is 1. The molecule has 0 fully saturated rings. The van der Waals surface area contributed by atoms with Crippen LogP contribution in [0.1, 0.15) is 19.8 Å². The van der Waals surface area contributed by atoms with Crippen LogP contribution in [-0.4, -0.2) is 22.6 Å². The largest absolute Gasteiger partial charge is 0.331 e. The van der Waals surface area contributed by atoms with Crippen LogP contribution in [0.3, 0.4) is 0 Å². The monoisotopic (exact) mass is 217 g/mol. The number of imidazole rings is 1. The van der Waals surface area contributed by atoms with Gasteiger partial charge in [0.25, 0.3) is 0 Å². The highest BCUT2D eigenvalue weighted by Crippen LogP contribution is 2.11. The number of hydrogen-bond acceptors (Lipinski definition) is 2. The van der Waals surface area contributed by atoms with E-state index in [9.17, 15) is 0 Å². The topological polar surface area (TPSA) is 29.9 Å². The molecule has 3 heteroatoms. The van der Waals surface area contributed by atoms with Gasteiger partial charge in [-0.15, -0.1) is 0 Å². The summed E-state index contributed by atoms with van der Waals surface area (Å²) >= 11 is 0. The van der Waals surface area contributed by atoms with Gasteiger partial charge in [-0.3, -0.25) is 0 Å². The molecule has 0 saturated carbocycles. The van der Waals surface area contributed by atoms with Gasteiger partial charge in [-0.1, -0.05) is 19.1 Å². The van der Waals surface area contributed by atoms with E-state index >= 15 is 0 Å². The summed E-state index contributed by atoms with van der Waals surface area (Å²) < 4.78 is 2.23. The molecule has 0 atom stereocenters. The van der Waals surface area contributed by atoms with Gasteiger partial charge in [0.2, 0.25) is 0 Å². The van der Waals surface area contributed by atoms with Crippen molar-refractivity contribution in [1.82, 2.24) is 14.9 Å². The van der Waals surface area contributed by atoms with Crippen molar-refractivity contribution in [2.45, 2.75) is 26.3 Å². The average molecular weight is 217 g/mol. The molecule has 86 valence electrons. The van der Waals surface area contributed by atoms with Crippen LogP contribution in [0, 0.1) is 0 Å². The molecule has 0 bridgehead atoms. The van der Waals surface area contributed by atoms with Gasteiger partial charge < -0.3 is 9.88 Å². The number of aromatic nitrogens is 2. The fraction of sp³-hybridized carbons (Fsp3) is 0.462. The van der Waals surface area contributed by atoms with Gasteiger partial charge in [0, 0.05) is 6.54 Å². The van der Waals surface area contributed by atoms with Crippen molar-refractivity contribution in [1.29, 1.82) is 0 Å². The lowest BCUT2D eigenvalue weighted by Gasteiger charge is -2.05. The highest BCUT2D eigenvalue weighted by atomic mass is 15.0. The maximum Gasteiger partial charge on any atom is 0.0958 e. The summed E-state index contributed by atoms with van der Waals surface area (Å²) in [5.41, 5.74) is 2.32. The van der Waals surface area contributed by atoms with Gasteiger partial charge in [0.15, 0.2) is 0 Å². The second-order valence-electron chi connectivity index (χ2n) is 4.03. The summed E-state index contributed by atoms with van der Waals surface area (Å²) in [5, 5.41) is 3.41. The van der Waals surface area contributed by atoms with E-state index in [-0.39, 0.29) is 0 Å². The molecule has 0 spiro atoms. The smallest absolute Gasteiger partial charge is 0.0958 e. The Balaban J connectivity index is 1.89. The Labute approximate surface area is 96.5 Å². The van der Waals surface area contributed by atoms with E-state index in [1.807, 2.05) is 12.4 Å². The number of nitrogens with one attached hydrogen (secondary N) is 1. The minimum absolute atomic E-state index is 1.04. The third-order valence-corrected chi connectivity index (χ3v) is 2.71. The molecule has 2 rings (SSSR count). The maximum atomic E-state index is 4.38. The van der Waals surface area contributed by atoms with Gasteiger partial charge in [0.05, 0.1) is 17.4 Å². The second-order valence-corrected chi connectivity index (χ2v) is 4.03. The number of para-hydroxylation sites is 2. The van der Waals surface area contributed by atoms with E-state index in [4.69, 9.17) is 0 Å². The van der Waals surface area contributed by atoms with E-state index in [1.54, 1.807) is 0 Å². The van der Waals surface area contributed by atoms with Crippen LogP contribution >= 0.6 is 0 Å². The van der Waals surface area contributed by atoms with Crippen molar-refractivity contribution in [3.05, 3.63) is 30.6 Å². The van der Waals surface area contributed by atoms with Crippen LogP contribution in [0.5, 0.6) is 0 Å². The number of benzene rings is 1. The molecule has 1 aromatic carbocycles. The van der Waals surface area contributed by atoms with Crippen LogP contribution in [-0.2, 0) is 6.54 Å². The number of rotatable bonds is 6. The molecule has 16 heavy (non-hydrogen) atoms. The summed E-state index contributed by atoms with van der Waals surface area (Å²) in [6, 6.07) is 8.28. The molecule has 1 N–H and O–H groups in total. The highest BCUT2D eigenvalue weighted by molar-refractivity contribution is 5.74. The lowest BCUT2D eigenvalue weighted by atomic mass is 10.3. The second kappa shape index (κ2) is 5.66. The molecule has 3 nitrogen and oxygen atoms in total. The maximum absolute atomic E-state index is 4.38. The zero-order chi connectivity index (χ0) is 11.2. The molecule has 1 heterocycles. The van der Waals surface area contributed by atoms with Crippen molar-refractivity contribution in [2.24, 2.45) is 0 Å². The molecule has 1 aromatic heterocycles. The number of hydrogen-bond donors (Lipinski definition) is 1. The zero-order valence-corrected chi connectivity index (χ0v) is 9.82. The van der Waals surface area contributed by atoms with Crippen LogP contribution in [0.2, 0.25) is 0 Å². The predicted octanol–water partition coefficient (Wildman–Crippen LogP) is 2.43. The third kappa shape index (κ3) is 2.61. The molecule has 0 radical (unpaired) electrons. The standard InChI is InChI=1S/C13H19N3/c1-2-8-14-9-5-10-16-11-15-12-6-3-4-7-13(12)16/h3-4,6-7,11,14H,2,5,8-10H2,1H3. The van der Waals surface area contributed by atoms with Gasteiger partial charge in [-0.2, -0.15) is 0 Å². The van der Waals surface area contributed by atoms with Crippen molar-refractivity contribution in [3.8, 4) is 0 Å². The molecular formula is C13H19N3. The molecule has 0 unspecified atom stereocenters. The SMILES string of the molecule is CCCNCCCn1cnc2ccccc21. The van der Waals surface area contributed by atoms with E-state index in [1.165, 1.54) is 11.9 Å². The lowest BCUT2D eigenvalue weighted by Crippen LogP contribution is -2.17. The zero-order valence-electron chi connectivity index (χ0n) is 9.82. The first-order valence-electron chi connectivity index (χ1n) is 6.02. The van der Waals surface area contributed by atoms with E-state index in [0.29, 0.717) is 0 Å². The molecule has 0 aliphatic heterocycles. The first kappa shape index (κ1) is 11.1. The molecule has 2 aromatic rings. The van der Waals surface area contributed by atoms with Gasteiger partial charge in [-0.05, 0) is 38.1 Å². The number of nitrogens with zero attached hydrogens (tertiary/aromatic N) is 2. The van der Waals surface area contributed by atoms with Crippen molar-refractivity contribution in [2.75, 3.05) is 13.1 Å². The van der Waals surface area contributed by atoms with Crippen molar-refractivity contribution < 1.29 is 0 Å². The Morgan fingerprint density at radius 1 is 1.25 bits per heavy atom. The average Bonchev–Trinajstić information content (AvgIpc) is 2.73. The Morgan fingerprint density at radius 2 is 2.12 bits per heavy atom. The summed E-state index contributed by atoms with van der Waals surface area (Å²) in [4.78, 5) is 4.38. The van der Waals surface area contributed by atoms with E-state index in [0.717, 1.165) is 31.6 Å². The third-order valence-electron chi connectivity index (χ3n) is 2.71. The lowest BCUT2D eigenvalue weighted by molar-refractivity contribution is 0.586. The fourth-order valence-corrected chi connectivity index (χ4v) is 1.86. The first-order chi connectivity index (χ1) is 7.92.